The minimum absolute atomic E-state index is 0.0567. The minimum Gasteiger partial charge on any atom is -0.394 e. The number of carbonyl (C=O) groups excluding carboxylic acids is 1. The van der Waals surface area contributed by atoms with Gasteiger partial charge in [-0.15, -0.1) is 5.23 Å². The number of hydrogen-bond donors (Lipinski definition) is 3. The van der Waals surface area contributed by atoms with E-state index in [0.29, 0.717) is 17.1 Å². The van der Waals surface area contributed by atoms with Crippen LogP contribution in [0, 0.1) is 0 Å². The Bertz CT molecular complexity index is 784. The minimum atomic E-state index is -0.193. The lowest BCUT2D eigenvalue weighted by atomic mass is 10.1. The molecule has 1 aromatic carbocycles. The number of hydrogen-bond acceptors (Lipinski definition) is 7. The molecule has 3 N–H and O–H groups in total. The van der Waals surface area contributed by atoms with Crippen LogP contribution in [0.5, 0.6) is 0 Å². The fourth-order valence-electron chi connectivity index (χ4n) is 2.46. The van der Waals surface area contributed by atoms with Gasteiger partial charge in [-0.05, 0) is 35.9 Å². The van der Waals surface area contributed by atoms with E-state index in [4.69, 9.17) is 19.9 Å². The Morgan fingerprint density at radius 2 is 1.77 bits per heavy atom. The van der Waals surface area contributed by atoms with Crippen molar-refractivity contribution in [3.8, 4) is 0 Å². The summed E-state index contributed by atoms with van der Waals surface area (Å²) in [5.41, 5.74) is 2.72. The number of amides is 1. The third kappa shape index (κ3) is 4.06. The van der Waals surface area contributed by atoms with Crippen LogP contribution in [0.25, 0.3) is 11.6 Å². The first-order valence-corrected chi connectivity index (χ1v) is 8.09. The largest absolute Gasteiger partial charge is 0.394 e. The molecule has 0 aliphatic carbocycles. The molecule has 0 atom stereocenters. The predicted octanol–water partition coefficient (Wildman–Crippen LogP) is 1.23. The molecule has 0 bridgehead atoms. The summed E-state index contributed by atoms with van der Waals surface area (Å²) in [5, 5.41) is 21.7. The lowest BCUT2D eigenvalue weighted by molar-refractivity contribution is -0.110. The Labute approximate surface area is 150 Å². The summed E-state index contributed by atoms with van der Waals surface area (Å²) in [4.78, 5) is 26.8. The van der Waals surface area contributed by atoms with Crippen molar-refractivity contribution < 1.29 is 24.7 Å². The number of nitrogens with zero attached hydrogens (tertiary/aromatic N) is 2. The molecule has 0 unspecified atom stereocenters. The van der Waals surface area contributed by atoms with E-state index >= 15 is 0 Å². The summed E-state index contributed by atoms with van der Waals surface area (Å²) in [7, 11) is 0. The maximum absolute atomic E-state index is 12.1. The number of aliphatic hydroxyl groups excluding tert-OH is 2. The van der Waals surface area contributed by atoms with E-state index in [0.717, 1.165) is 16.4 Å². The van der Waals surface area contributed by atoms with Gasteiger partial charge >= 0.3 is 0 Å². The Morgan fingerprint density at radius 3 is 2.42 bits per heavy atom. The predicted molar refractivity (Wildman–Crippen MR) is 95.7 cm³/mol. The highest BCUT2D eigenvalue weighted by Crippen LogP contribution is 2.31. The number of aromatic nitrogens is 1. The first-order chi connectivity index (χ1) is 12.7. The van der Waals surface area contributed by atoms with Crippen LogP contribution in [0.15, 0.2) is 42.6 Å². The van der Waals surface area contributed by atoms with Crippen LogP contribution in [-0.2, 0) is 14.5 Å². The number of rotatable bonds is 8. The molecule has 1 amide bonds. The summed E-state index contributed by atoms with van der Waals surface area (Å²) in [6, 6.07) is 10.7. The molecule has 1 aromatic heterocycles. The van der Waals surface area contributed by atoms with Crippen molar-refractivity contribution in [2.24, 2.45) is 0 Å². The molecule has 2 heterocycles. The van der Waals surface area contributed by atoms with Gasteiger partial charge in [-0.2, -0.15) is 0 Å². The van der Waals surface area contributed by atoms with E-state index in [1.54, 1.807) is 30.5 Å². The van der Waals surface area contributed by atoms with E-state index in [-0.39, 0.29) is 32.3 Å². The molecule has 1 aliphatic rings. The number of nitrogens with one attached hydrogen (secondary N) is 1. The lowest BCUT2D eigenvalue weighted by Crippen LogP contribution is -2.27. The van der Waals surface area contributed by atoms with Crippen LogP contribution >= 0.6 is 0 Å². The standard InChI is InChI=1S/C18H19N3O5/c22-8-10-25-21(26-11-9-23)14-5-3-13(4-6-14)12-16-15-2-1-7-19-17(15)20-18(16)24/h1-7,12,22-23H,8-11H2,(H,19,20,24). The van der Waals surface area contributed by atoms with Crippen molar-refractivity contribution in [1.82, 2.24) is 4.98 Å². The zero-order chi connectivity index (χ0) is 18.4. The summed E-state index contributed by atoms with van der Waals surface area (Å²) in [6.07, 6.45) is 3.41. The van der Waals surface area contributed by atoms with Crippen LogP contribution in [0.3, 0.4) is 0 Å². The molecule has 136 valence electrons. The molecule has 0 fully saturated rings. The average molecular weight is 357 g/mol. The first kappa shape index (κ1) is 18.0. The van der Waals surface area contributed by atoms with E-state index in [2.05, 4.69) is 10.3 Å². The van der Waals surface area contributed by atoms with Gasteiger partial charge in [0.25, 0.3) is 5.91 Å². The third-order valence-electron chi connectivity index (χ3n) is 3.59. The first-order valence-electron chi connectivity index (χ1n) is 8.09. The summed E-state index contributed by atoms with van der Waals surface area (Å²) >= 11 is 0. The maximum Gasteiger partial charge on any atom is 0.257 e. The Kier molecular flexibility index (Phi) is 5.92. The van der Waals surface area contributed by atoms with Crippen molar-refractivity contribution in [3.05, 3.63) is 53.7 Å². The highest BCUT2D eigenvalue weighted by Gasteiger charge is 2.24. The van der Waals surface area contributed by atoms with Gasteiger partial charge in [-0.1, -0.05) is 12.1 Å². The van der Waals surface area contributed by atoms with Crippen molar-refractivity contribution in [2.45, 2.75) is 0 Å². The average Bonchev–Trinajstić information content (AvgIpc) is 2.98. The Morgan fingerprint density at radius 1 is 1.08 bits per heavy atom. The summed E-state index contributed by atoms with van der Waals surface area (Å²) in [6.45, 7) is -0.209. The number of aliphatic hydroxyl groups is 2. The molecule has 0 radical (unpaired) electrons. The van der Waals surface area contributed by atoms with Gasteiger partial charge in [0.2, 0.25) is 0 Å². The van der Waals surface area contributed by atoms with Crippen LogP contribution < -0.4 is 10.5 Å². The maximum atomic E-state index is 12.1. The second-order valence-corrected chi connectivity index (χ2v) is 5.37. The fourth-order valence-corrected chi connectivity index (χ4v) is 2.46. The Hall–Kier alpha value is -2.78. The summed E-state index contributed by atoms with van der Waals surface area (Å²) < 4.78 is 0. The van der Waals surface area contributed by atoms with Crippen LogP contribution in [0.2, 0.25) is 0 Å². The van der Waals surface area contributed by atoms with Crippen molar-refractivity contribution >= 4 is 29.1 Å². The molecular formula is C18H19N3O5. The third-order valence-corrected chi connectivity index (χ3v) is 3.59. The van der Waals surface area contributed by atoms with E-state index in [9.17, 15) is 4.79 Å². The quantitative estimate of drug-likeness (QED) is 0.482. The molecule has 2 aromatic rings. The Balaban J connectivity index is 1.79. The van der Waals surface area contributed by atoms with Crippen LogP contribution in [0.4, 0.5) is 11.5 Å². The molecule has 8 nitrogen and oxygen atoms in total. The molecule has 0 saturated heterocycles. The van der Waals surface area contributed by atoms with Gasteiger partial charge < -0.3 is 15.5 Å². The van der Waals surface area contributed by atoms with Gasteiger partial charge in [0.05, 0.1) is 24.5 Å². The molecule has 26 heavy (non-hydrogen) atoms. The molecule has 0 spiro atoms. The fraction of sp³-hybridized carbons (Fsp3) is 0.222. The van der Waals surface area contributed by atoms with Gasteiger partial charge in [-0.3, -0.25) is 4.79 Å². The number of anilines is 2. The molecule has 8 heteroatoms. The normalized spacial score (nSPS) is 14.4. The zero-order valence-corrected chi connectivity index (χ0v) is 14.0. The topological polar surface area (TPSA) is 104 Å². The second kappa shape index (κ2) is 8.54. The van der Waals surface area contributed by atoms with Gasteiger partial charge in [0, 0.05) is 11.8 Å². The zero-order valence-electron chi connectivity index (χ0n) is 14.0. The summed E-state index contributed by atoms with van der Waals surface area (Å²) in [5.74, 6) is 0.364. The molecule has 1 aliphatic heterocycles. The van der Waals surface area contributed by atoms with Crippen LogP contribution in [-0.4, -0.2) is 47.5 Å². The van der Waals surface area contributed by atoms with E-state index in [1.807, 2.05) is 18.2 Å². The number of fused-ring (bicyclic) bond motifs is 1. The van der Waals surface area contributed by atoms with Gasteiger partial charge in [0.1, 0.15) is 19.0 Å². The molecule has 0 saturated carbocycles. The molecular weight excluding hydrogens is 338 g/mol. The van der Waals surface area contributed by atoms with Gasteiger partial charge in [-0.25, -0.2) is 14.7 Å². The molecule has 3 rings (SSSR count). The van der Waals surface area contributed by atoms with E-state index in [1.165, 1.54) is 0 Å². The van der Waals surface area contributed by atoms with Crippen molar-refractivity contribution in [1.29, 1.82) is 0 Å². The van der Waals surface area contributed by atoms with Crippen molar-refractivity contribution in [3.63, 3.8) is 0 Å². The smallest absolute Gasteiger partial charge is 0.257 e. The number of benzene rings is 1. The van der Waals surface area contributed by atoms with E-state index < -0.39 is 0 Å². The highest BCUT2D eigenvalue weighted by molar-refractivity contribution is 6.34. The SMILES string of the molecule is O=C1Nc2ncccc2C1=Cc1ccc(N(OCCO)OCCO)cc1. The monoisotopic (exact) mass is 357 g/mol. The lowest BCUT2D eigenvalue weighted by Gasteiger charge is -2.22. The van der Waals surface area contributed by atoms with Crippen LogP contribution in [0.1, 0.15) is 11.1 Å². The number of pyridine rings is 1. The number of carbonyl (C=O) groups is 1. The van der Waals surface area contributed by atoms with Crippen molar-refractivity contribution in [2.75, 3.05) is 37.0 Å². The highest BCUT2D eigenvalue weighted by atomic mass is 16.9. The second-order valence-electron chi connectivity index (χ2n) is 5.37. The van der Waals surface area contributed by atoms with Gasteiger partial charge in [0.15, 0.2) is 0 Å².